The van der Waals surface area contributed by atoms with E-state index in [2.05, 4.69) is 0 Å². The van der Waals surface area contributed by atoms with Gasteiger partial charge in [-0.05, 0) is 32.0 Å². The van der Waals surface area contributed by atoms with Crippen LogP contribution in [0.5, 0.6) is 5.75 Å². The van der Waals surface area contributed by atoms with Crippen LogP contribution in [-0.4, -0.2) is 32.3 Å². The Hall–Kier alpha value is -2.24. The van der Waals surface area contributed by atoms with E-state index in [-0.39, 0.29) is 13.2 Å². The zero-order valence-electron chi connectivity index (χ0n) is 11.8. The van der Waals surface area contributed by atoms with E-state index in [0.717, 1.165) is 0 Å². The summed E-state index contributed by atoms with van der Waals surface area (Å²) in [5, 5.41) is 0. The fraction of sp³-hybridized carbons (Fsp3) is 0.429. The Balaban J connectivity index is 3.21. The number of esters is 2. The zero-order chi connectivity index (χ0) is 15.1. The highest BCUT2D eigenvalue weighted by Crippen LogP contribution is 2.29. The molecule has 6 nitrogen and oxygen atoms in total. The lowest BCUT2D eigenvalue weighted by atomic mass is 9.97. The van der Waals surface area contributed by atoms with Crippen molar-refractivity contribution in [2.75, 3.05) is 26.1 Å². The highest BCUT2D eigenvalue weighted by Gasteiger charge is 2.33. The molecule has 0 heterocycles. The van der Waals surface area contributed by atoms with Gasteiger partial charge >= 0.3 is 11.9 Å². The molecule has 0 fully saturated rings. The molecular weight excluding hydrogens is 262 g/mol. The van der Waals surface area contributed by atoms with Crippen LogP contribution in [0.4, 0.5) is 5.69 Å². The fourth-order valence-corrected chi connectivity index (χ4v) is 1.73. The largest absolute Gasteiger partial charge is 0.497 e. The summed E-state index contributed by atoms with van der Waals surface area (Å²) in [5.74, 6) is -2.09. The van der Waals surface area contributed by atoms with Crippen molar-refractivity contribution in [3.8, 4) is 5.75 Å². The summed E-state index contributed by atoms with van der Waals surface area (Å²) in [4.78, 5) is 24.0. The number of hydrogen-bond donors (Lipinski definition) is 1. The van der Waals surface area contributed by atoms with E-state index >= 15 is 0 Å². The molecule has 20 heavy (non-hydrogen) atoms. The number of anilines is 1. The molecule has 1 aromatic carbocycles. The lowest BCUT2D eigenvalue weighted by Gasteiger charge is -2.17. The maximum absolute atomic E-state index is 12.0. The lowest BCUT2D eigenvalue weighted by Crippen LogP contribution is -2.27. The number of rotatable bonds is 6. The first-order valence-corrected chi connectivity index (χ1v) is 6.31. The summed E-state index contributed by atoms with van der Waals surface area (Å²) in [6.45, 7) is 3.65. The molecule has 0 aromatic heterocycles. The van der Waals surface area contributed by atoms with Crippen LogP contribution in [0.2, 0.25) is 0 Å². The minimum atomic E-state index is -1.20. The maximum atomic E-state index is 12.0. The Morgan fingerprint density at radius 2 is 1.70 bits per heavy atom. The third-order valence-corrected chi connectivity index (χ3v) is 2.65. The van der Waals surface area contributed by atoms with Gasteiger partial charge in [0.25, 0.3) is 0 Å². The van der Waals surface area contributed by atoms with Gasteiger partial charge in [0.1, 0.15) is 5.75 Å². The van der Waals surface area contributed by atoms with Crippen molar-refractivity contribution in [2.45, 2.75) is 19.8 Å². The van der Waals surface area contributed by atoms with Crippen molar-refractivity contribution in [1.29, 1.82) is 0 Å². The number of methoxy groups -OCH3 is 1. The van der Waals surface area contributed by atoms with Gasteiger partial charge < -0.3 is 19.9 Å². The van der Waals surface area contributed by atoms with Crippen molar-refractivity contribution in [3.63, 3.8) is 0 Å². The fourth-order valence-electron chi connectivity index (χ4n) is 1.73. The second-order valence-electron chi connectivity index (χ2n) is 3.93. The molecule has 0 aliphatic carbocycles. The van der Waals surface area contributed by atoms with Gasteiger partial charge in [-0.2, -0.15) is 0 Å². The van der Waals surface area contributed by atoms with Gasteiger partial charge in [-0.1, -0.05) is 0 Å². The standard InChI is InChI=1S/C14H19NO5/c1-4-19-13(16)12(14(17)20-5-2)10-8-9(18-3)6-7-11(10)15/h6-8,12H,4-5,15H2,1-3H3. The minimum absolute atomic E-state index is 0.165. The monoisotopic (exact) mass is 281 g/mol. The Morgan fingerprint density at radius 3 is 2.15 bits per heavy atom. The molecule has 0 spiro atoms. The molecule has 0 atom stereocenters. The topological polar surface area (TPSA) is 87.9 Å². The summed E-state index contributed by atoms with van der Waals surface area (Å²) in [5.41, 5.74) is 6.47. The third-order valence-electron chi connectivity index (χ3n) is 2.65. The smallest absolute Gasteiger partial charge is 0.324 e. The molecule has 1 rings (SSSR count). The van der Waals surface area contributed by atoms with Crippen LogP contribution in [0.15, 0.2) is 18.2 Å². The third kappa shape index (κ3) is 3.63. The van der Waals surface area contributed by atoms with Crippen LogP contribution in [0.3, 0.4) is 0 Å². The van der Waals surface area contributed by atoms with Gasteiger partial charge in [0.15, 0.2) is 5.92 Å². The second kappa shape index (κ2) is 7.37. The molecule has 0 aliphatic rings. The van der Waals surface area contributed by atoms with E-state index in [1.165, 1.54) is 13.2 Å². The molecule has 0 saturated carbocycles. The van der Waals surface area contributed by atoms with Crippen molar-refractivity contribution in [2.24, 2.45) is 0 Å². The maximum Gasteiger partial charge on any atom is 0.324 e. The van der Waals surface area contributed by atoms with Gasteiger partial charge in [-0.25, -0.2) is 0 Å². The quantitative estimate of drug-likeness (QED) is 0.483. The first kappa shape index (κ1) is 15.8. The zero-order valence-corrected chi connectivity index (χ0v) is 11.8. The average Bonchev–Trinajstić information content (AvgIpc) is 2.42. The number of hydrogen-bond acceptors (Lipinski definition) is 6. The molecule has 0 radical (unpaired) electrons. The first-order chi connectivity index (χ1) is 9.54. The van der Waals surface area contributed by atoms with Gasteiger partial charge in [0.05, 0.1) is 20.3 Å². The predicted octanol–water partition coefficient (Wildman–Crippen LogP) is 1.49. The van der Waals surface area contributed by atoms with Crippen LogP contribution in [0.1, 0.15) is 25.3 Å². The van der Waals surface area contributed by atoms with Crippen molar-refractivity contribution in [3.05, 3.63) is 23.8 Å². The molecule has 0 unspecified atom stereocenters. The first-order valence-electron chi connectivity index (χ1n) is 6.31. The number of carbonyl (C=O) groups excluding carboxylic acids is 2. The lowest BCUT2D eigenvalue weighted by molar-refractivity contribution is -0.156. The summed E-state index contributed by atoms with van der Waals surface area (Å²) >= 11 is 0. The van der Waals surface area contributed by atoms with E-state index in [0.29, 0.717) is 17.0 Å². The summed E-state index contributed by atoms with van der Waals surface area (Å²) in [7, 11) is 1.49. The Kier molecular flexibility index (Phi) is 5.83. The van der Waals surface area contributed by atoms with Gasteiger partial charge in [0, 0.05) is 11.3 Å². The van der Waals surface area contributed by atoms with Gasteiger partial charge in [0.2, 0.25) is 0 Å². The Bertz CT molecular complexity index is 468. The van der Waals surface area contributed by atoms with Crippen molar-refractivity contribution >= 4 is 17.6 Å². The van der Waals surface area contributed by atoms with Crippen LogP contribution in [-0.2, 0) is 19.1 Å². The van der Waals surface area contributed by atoms with Crippen molar-refractivity contribution in [1.82, 2.24) is 0 Å². The Labute approximate surface area is 117 Å². The van der Waals surface area contributed by atoms with E-state index in [4.69, 9.17) is 19.9 Å². The molecule has 0 aliphatic heterocycles. The van der Waals surface area contributed by atoms with E-state index in [1.807, 2.05) is 0 Å². The van der Waals surface area contributed by atoms with Crippen LogP contribution in [0.25, 0.3) is 0 Å². The number of benzene rings is 1. The van der Waals surface area contributed by atoms with E-state index in [1.54, 1.807) is 26.0 Å². The van der Waals surface area contributed by atoms with Crippen LogP contribution >= 0.6 is 0 Å². The molecular formula is C14H19NO5. The molecule has 2 N–H and O–H groups in total. The average molecular weight is 281 g/mol. The molecule has 0 amide bonds. The van der Waals surface area contributed by atoms with Crippen LogP contribution < -0.4 is 10.5 Å². The van der Waals surface area contributed by atoms with Gasteiger partial charge in [-0.3, -0.25) is 9.59 Å². The van der Waals surface area contributed by atoms with Crippen molar-refractivity contribution < 1.29 is 23.8 Å². The number of ether oxygens (including phenoxy) is 3. The number of nitrogens with two attached hydrogens (primary N) is 1. The highest BCUT2D eigenvalue weighted by atomic mass is 16.6. The second-order valence-corrected chi connectivity index (χ2v) is 3.93. The predicted molar refractivity (Wildman–Crippen MR) is 73.4 cm³/mol. The summed E-state index contributed by atoms with van der Waals surface area (Å²) in [6.07, 6.45) is 0. The number of nitrogen functional groups attached to an aromatic ring is 1. The molecule has 1 aromatic rings. The SMILES string of the molecule is CCOC(=O)C(C(=O)OCC)c1cc(OC)ccc1N. The molecule has 110 valence electrons. The number of carbonyl (C=O) groups is 2. The normalized spacial score (nSPS) is 10.2. The van der Waals surface area contributed by atoms with E-state index < -0.39 is 17.9 Å². The minimum Gasteiger partial charge on any atom is -0.497 e. The summed E-state index contributed by atoms with van der Waals surface area (Å²) in [6, 6.07) is 4.75. The van der Waals surface area contributed by atoms with Gasteiger partial charge in [-0.15, -0.1) is 0 Å². The molecule has 0 saturated heterocycles. The molecule has 6 heteroatoms. The van der Waals surface area contributed by atoms with Crippen LogP contribution in [0, 0.1) is 0 Å². The summed E-state index contributed by atoms with van der Waals surface area (Å²) < 4.78 is 14.9. The molecule has 0 bridgehead atoms. The highest BCUT2D eigenvalue weighted by molar-refractivity contribution is 6.02. The van der Waals surface area contributed by atoms with E-state index in [9.17, 15) is 9.59 Å². The Morgan fingerprint density at radius 1 is 1.15 bits per heavy atom.